The normalized spacial score (nSPS) is 15.6. The van der Waals surface area contributed by atoms with Crippen LogP contribution in [0, 0.1) is 0 Å². The SMILES string of the molecule is CC.C\C=C/C=c1/ccc2c(/c1=C/C)C=CCC2. The molecule has 0 atom stereocenters. The van der Waals surface area contributed by atoms with E-state index >= 15 is 0 Å². The third kappa shape index (κ3) is 3.22. The van der Waals surface area contributed by atoms with Gasteiger partial charge in [0.25, 0.3) is 0 Å². The van der Waals surface area contributed by atoms with Crippen molar-refractivity contribution in [1.29, 1.82) is 0 Å². The van der Waals surface area contributed by atoms with Crippen LogP contribution in [0.15, 0.2) is 30.4 Å². The predicted octanol–water partition coefficient (Wildman–Crippen LogP) is 3.83. The van der Waals surface area contributed by atoms with Gasteiger partial charge in [0.15, 0.2) is 0 Å². The summed E-state index contributed by atoms with van der Waals surface area (Å²) in [6, 6.07) is 4.49. The topological polar surface area (TPSA) is 0 Å². The number of allylic oxidation sites excluding steroid dienone is 3. The largest absolute Gasteiger partial charge is 0.0876 e. The van der Waals surface area contributed by atoms with Crippen molar-refractivity contribution in [2.45, 2.75) is 40.5 Å². The average Bonchev–Trinajstić information content (AvgIpc) is 2.46. The van der Waals surface area contributed by atoms with Crippen LogP contribution in [0.4, 0.5) is 0 Å². The third-order valence-corrected chi connectivity index (χ3v) is 3.03. The standard InChI is InChI=1S/C16H18.C2H6/c1-3-5-8-13-11-12-14-9-6-7-10-16(14)15(13)4-2;1-2/h3-5,7-8,10-12H,6,9H2,1-2H3;1-2H3/b5-3-,13-8-,15-4+;. The zero-order valence-electron chi connectivity index (χ0n) is 12.0. The fourth-order valence-corrected chi connectivity index (χ4v) is 2.22. The molecule has 0 nitrogen and oxygen atoms in total. The van der Waals surface area contributed by atoms with E-state index in [2.05, 4.69) is 55.5 Å². The quantitative estimate of drug-likeness (QED) is 0.700. The van der Waals surface area contributed by atoms with Gasteiger partial charge in [0, 0.05) is 0 Å². The molecule has 0 saturated carbocycles. The van der Waals surface area contributed by atoms with Gasteiger partial charge in [-0.1, -0.05) is 62.4 Å². The number of aryl methyl sites for hydroxylation is 1. The summed E-state index contributed by atoms with van der Waals surface area (Å²) in [5.74, 6) is 0. The number of hydrogen-bond acceptors (Lipinski definition) is 0. The molecule has 0 heteroatoms. The highest BCUT2D eigenvalue weighted by Crippen LogP contribution is 2.13. The Hall–Kier alpha value is -1.56. The number of hydrogen-bond donors (Lipinski definition) is 0. The lowest BCUT2D eigenvalue weighted by molar-refractivity contribution is 0.980. The Morgan fingerprint density at radius 1 is 1.11 bits per heavy atom. The van der Waals surface area contributed by atoms with E-state index in [0.29, 0.717) is 0 Å². The molecule has 0 fully saturated rings. The van der Waals surface area contributed by atoms with Crippen LogP contribution in [0.3, 0.4) is 0 Å². The number of benzene rings is 1. The summed E-state index contributed by atoms with van der Waals surface area (Å²) in [5, 5.41) is 2.68. The molecule has 0 amide bonds. The highest BCUT2D eigenvalue weighted by Gasteiger charge is 2.04. The van der Waals surface area contributed by atoms with E-state index in [0.717, 1.165) is 0 Å². The molecule has 18 heavy (non-hydrogen) atoms. The van der Waals surface area contributed by atoms with E-state index in [4.69, 9.17) is 0 Å². The van der Waals surface area contributed by atoms with Crippen molar-refractivity contribution in [2.75, 3.05) is 0 Å². The van der Waals surface area contributed by atoms with Crippen molar-refractivity contribution in [2.24, 2.45) is 0 Å². The molecule has 0 aromatic heterocycles. The van der Waals surface area contributed by atoms with Crippen LogP contribution in [0.1, 0.15) is 45.2 Å². The van der Waals surface area contributed by atoms with Gasteiger partial charge in [-0.3, -0.25) is 0 Å². The first-order valence-electron chi connectivity index (χ1n) is 6.94. The highest BCUT2D eigenvalue weighted by atomic mass is 14.1. The molecular formula is C18H24. The minimum atomic E-state index is 1.17. The Morgan fingerprint density at radius 2 is 1.89 bits per heavy atom. The van der Waals surface area contributed by atoms with Crippen molar-refractivity contribution in [1.82, 2.24) is 0 Å². The highest BCUT2D eigenvalue weighted by molar-refractivity contribution is 5.59. The smallest absolute Gasteiger partial charge is 0.0152 e. The lowest BCUT2D eigenvalue weighted by Crippen LogP contribution is -2.28. The van der Waals surface area contributed by atoms with Gasteiger partial charge in [0.2, 0.25) is 0 Å². The molecule has 0 radical (unpaired) electrons. The average molecular weight is 240 g/mol. The van der Waals surface area contributed by atoms with Gasteiger partial charge in [-0.15, -0.1) is 0 Å². The Bertz CT molecular complexity index is 542. The fraction of sp³-hybridized carbons (Fsp3) is 0.333. The zero-order chi connectivity index (χ0) is 13.4. The van der Waals surface area contributed by atoms with Crippen LogP contribution >= 0.6 is 0 Å². The van der Waals surface area contributed by atoms with E-state index < -0.39 is 0 Å². The molecule has 2 rings (SSSR count). The van der Waals surface area contributed by atoms with Crippen molar-refractivity contribution >= 4 is 18.2 Å². The molecule has 1 aliphatic rings. The molecule has 0 bridgehead atoms. The van der Waals surface area contributed by atoms with Crippen LogP contribution < -0.4 is 10.4 Å². The second kappa shape index (κ2) is 7.71. The van der Waals surface area contributed by atoms with Crippen molar-refractivity contribution in [3.05, 3.63) is 51.9 Å². The van der Waals surface area contributed by atoms with Gasteiger partial charge in [0.1, 0.15) is 0 Å². The molecule has 1 aromatic carbocycles. The molecule has 0 saturated heterocycles. The lowest BCUT2D eigenvalue weighted by atomic mass is 9.94. The summed E-state index contributed by atoms with van der Waals surface area (Å²) in [6.45, 7) is 8.16. The van der Waals surface area contributed by atoms with E-state index in [1.54, 1.807) is 0 Å². The molecular weight excluding hydrogens is 216 g/mol. The first-order valence-corrected chi connectivity index (χ1v) is 6.94. The number of rotatable bonds is 1. The van der Waals surface area contributed by atoms with E-state index in [1.165, 1.54) is 34.4 Å². The van der Waals surface area contributed by atoms with Crippen LogP contribution in [-0.4, -0.2) is 0 Å². The third-order valence-electron chi connectivity index (χ3n) is 3.03. The molecule has 0 unspecified atom stereocenters. The molecule has 96 valence electrons. The van der Waals surface area contributed by atoms with Crippen LogP contribution in [0.2, 0.25) is 0 Å². The summed E-state index contributed by atoms with van der Waals surface area (Å²) in [6.07, 6.45) is 15.4. The summed E-state index contributed by atoms with van der Waals surface area (Å²) < 4.78 is 0. The second-order valence-corrected chi connectivity index (χ2v) is 4.06. The van der Waals surface area contributed by atoms with Gasteiger partial charge < -0.3 is 0 Å². The van der Waals surface area contributed by atoms with Crippen molar-refractivity contribution < 1.29 is 0 Å². The lowest BCUT2D eigenvalue weighted by Gasteiger charge is -2.11. The second-order valence-electron chi connectivity index (χ2n) is 4.06. The fourth-order valence-electron chi connectivity index (χ4n) is 2.22. The zero-order valence-corrected chi connectivity index (χ0v) is 12.0. The predicted molar refractivity (Wildman–Crippen MR) is 83.8 cm³/mol. The Morgan fingerprint density at radius 3 is 2.56 bits per heavy atom. The van der Waals surface area contributed by atoms with Gasteiger partial charge in [-0.05, 0) is 48.3 Å². The molecule has 0 heterocycles. The summed E-state index contributed by atoms with van der Waals surface area (Å²) in [5.41, 5.74) is 2.89. The summed E-state index contributed by atoms with van der Waals surface area (Å²) in [4.78, 5) is 0. The van der Waals surface area contributed by atoms with E-state index in [9.17, 15) is 0 Å². The Kier molecular flexibility index (Phi) is 6.21. The number of fused-ring (bicyclic) bond motifs is 1. The monoisotopic (exact) mass is 240 g/mol. The molecule has 0 aliphatic heterocycles. The first-order chi connectivity index (χ1) is 8.86. The van der Waals surface area contributed by atoms with E-state index in [1.807, 2.05) is 20.8 Å². The van der Waals surface area contributed by atoms with Crippen LogP contribution in [0.5, 0.6) is 0 Å². The van der Waals surface area contributed by atoms with Crippen molar-refractivity contribution in [3.63, 3.8) is 0 Å². The molecule has 0 N–H and O–H groups in total. The maximum absolute atomic E-state index is 2.27. The first kappa shape index (κ1) is 14.5. The minimum Gasteiger partial charge on any atom is -0.0876 e. The van der Waals surface area contributed by atoms with Gasteiger partial charge in [0.05, 0.1) is 0 Å². The molecule has 1 aliphatic carbocycles. The van der Waals surface area contributed by atoms with Crippen molar-refractivity contribution in [3.8, 4) is 0 Å². The van der Waals surface area contributed by atoms with E-state index in [-0.39, 0.29) is 0 Å². The van der Waals surface area contributed by atoms with Gasteiger partial charge in [-0.2, -0.15) is 0 Å². The molecule has 1 aromatic rings. The maximum Gasteiger partial charge on any atom is -0.0152 e. The van der Waals surface area contributed by atoms with Crippen LogP contribution in [-0.2, 0) is 6.42 Å². The van der Waals surface area contributed by atoms with Gasteiger partial charge in [-0.25, -0.2) is 0 Å². The Balaban J connectivity index is 0.000000771. The van der Waals surface area contributed by atoms with Gasteiger partial charge >= 0.3 is 0 Å². The summed E-state index contributed by atoms with van der Waals surface area (Å²) in [7, 11) is 0. The Labute approximate surface area is 111 Å². The maximum atomic E-state index is 2.27. The summed E-state index contributed by atoms with van der Waals surface area (Å²) >= 11 is 0. The molecule has 0 spiro atoms. The van der Waals surface area contributed by atoms with Crippen LogP contribution in [0.25, 0.3) is 18.2 Å². The minimum absolute atomic E-state index is 1.17.